The minimum atomic E-state index is 0.107. The van der Waals surface area contributed by atoms with Gasteiger partial charge in [-0.05, 0) is 25.0 Å². The van der Waals surface area contributed by atoms with Crippen LogP contribution in [0.5, 0.6) is 0 Å². The Balaban J connectivity index is 2.05. The standard InChI is InChI=1S/C15H25N5/c1-11(2)10-19-4-6-20(7-5-19)14-9-13(15(16)17)8-12(3)18-14/h8-9,11H,4-7,10H2,1-3H3,(H3,16,17). The van der Waals surface area contributed by atoms with Gasteiger partial charge in [0.2, 0.25) is 0 Å². The van der Waals surface area contributed by atoms with Crippen molar-refractivity contribution in [2.45, 2.75) is 20.8 Å². The quantitative estimate of drug-likeness (QED) is 0.644. The summed E-state index contributed by atoms with van der Waals surface area (Å²) in [7, 11) is 0. The number of nitrogen functional groups attached to an aromatic ring is 1. The molecule has 0 atom stereocenters. The highest BCUT2D eigenvalue weighted by molar-refractivity contribution is 5.95. The highest BCUT2D eigenvalue weighted by Gasteiger charge is 2.19. The van der Waals surface area contributed by atoms with Gasteiger partial charge in [0.1, 0.15) is 11.7 Å². The molecule has 1 aromatic heterocycles. The Bertz CT molecular complexity index is 475. The number of amidine groups is 1. The number of piperazine rings is 1. The number of anilines is 1. The molecule has 0 radical (unpaired) electrons. The number of aryl methyl sites for hydroxylation is 1. The number of nitrogens with two attached hydrogens (primary N) is 1. The molecule has 1 saturated heterocycles. The van der Waals surface area contributed by atoms with Crippen LogP contribution < -0.4 is 10.6 Å². The van der Waals surface area contributed by atoms with Crippen LogP contribution >= 0.6 is 0 Å². The first-order valence-corrected chi connectivity index (χ1v) is 7.26. The van der Waals surface area contributed by atoms with E-state index in [2.05, 4.69) is 28.6 Å². The maximum absolute atomic E-state index is 7.57. The number of aromatic nitrogens is 1. The summed E-state index contributed by atoms with van der Waals surface area (Å²) >= 11 is 0. The van der Waals surface area contributed by atoms with E-state index in [-0.39, 0.29) is 5.84 Å². The molecule has 1 aliphatic heterocycles. The summed E-state index contributed by atoms with van der Waals surface area (Å²) in [5, 5.41) is 7.57. The Morgan fingerprint density at radius 1 is 1.30 bits per heavy atom. The lowest BCUT2D eigenvalue weighted by molar-refractivity contribution is 0.231. The van der Waals surface area contributed by atoms with Gasteiger partial charge in [-0.15, -0.1) is 0 Å². The number of pyridine rings is 1. The predicted molar refractivity (Wildman–Crippen MR) is 83.5 cm³/mol. The molecule has 0 amide bonds. The van der Waals surface area contributed by atoms with E-state index in [1.807, 2.05) is 19.1 Å². The molecule has 5 nitrogen and oxygen atoms in total. The van der Waals surface area contributed by atoms with Gasteiger partial charge >= 0.3 is 0 Å². The summed E-state index contributed by atoms with van der Waals surface area (Å²) in [6, 6.07) is 3.79. The lowest BCUT2D eigenvalue weighted by atomic mass is 10.1. The van der Waals surface area contributed by atoms with E-state index in [9.17, 15) is 0 Å². The van der Waals surface area contributed by atoms with Crippen molar-refractivity contribution in [3.63, 3.8) is 0 Å². The second kappa shape index (κ2) is 6.22. The van der Waals surface area contributed by atoms with Crippen molar-refractivity contribution in [2.24, 2.45) is 11.7 Å². The highest BCUT2D eigenvalue weighted by Crippen LogP contribution is 2.17. The molecule has 0 bridgehead atoms. The van der Waals surface area contributed by atoms with Crippen molar-refractivity contribution in [2.75, 3.05) is 37.6 Å². The van der Waals surface area contributed by atoms with E-state index in [0.29, 0.717) is 5.92 Å². The zero-order chi connectivity index (χ0) is 14.7. The topological polar surface area (TPSA) is 69.2 Å². The van der Waals surface area contributed by atoms with E-state index in [0.717, 1.165) is 49.8 Å². The van der Waals surface area contributed by atoms with Gasteiger partial charge < -0.3 is 10.6 Å². The second-order valence-electron chi connectivity index (χ2n) is 5.95. The average Bonchev–Trinajstić information content (AvgIpc) is 2.38. The number of hydrogen-bond acceptors (Lipinski definition) is 4. The summed E-state index contributed by atoms with van der Waals surface area (Å²) < 4.78 is 0. The first-order chi connectivity index (χ1) is 9.45. The smallest absolute Gasteiger partial charge is 0.129 e. The fraction of sp³-hybridized carbons (Fsp3) is 0.600. The van der Waals surface area contributed by atoms with Gasteiger partial charge in [-0.2, -0.15) is 0 Å². The molecule has 20 heavy (non-hydrogen) atoms. The molecule has 0 unspecified atom stereocenters. The van der Waals surface area contributed by atoms with E-state index in [1.54, 1.807) is 0 Å². The minimum Gasteiger partial charge on any atom is -0.384 e. The molecule has 0 aliphatic carbocycles. The van der Waals surface area contributed by atoms with E-state index in [1.165, 1.54) is 0 Å². The minimum absolute atomic E-state index is 0.107. The number of rotatable bonds is 4. The summed E-state index contributed by atoms with van der Waals surface area (Å²) in [4.78, 5) is 9.37. The molecule has 3 N–H and O–H groups in total. The third-order valence-electron chi connectivity index (χ3n) is 3.57. The van der Waals surface area contributed by atoms with Crippen molar-refractivity contribution in [3.8, 4) is 0 Å². The molecule has 0 saturated carbocycles. The van der Waals surface area contributed by atoms with Gasteiger partial charge in [-0.1, -0.05) is 13.8 Å². The van der Waals surface area contributed by atoms with Gasteiger partial charge in [0.25, 0.3) is 0 Å². The van der Waals surface area contributed by atoms with Crippen LogP contribution in [0.2, 0.25) is 0 Å². The molecule has 1 aliphatic rings. The van der Waals surface area contributed by atoms with Crippen molar-refractivity contribution in [3.05, 3.63) is 23.4 Å². The van der Waals surface area contributed by atoms with Crippen molar-refractivity contribution in [1.82, 2.24) is 9.88 Å². The molecule has 0 spiro atoms. The Hall–Kier alpha value is -1.62. The second-order valence-corrected chi connectivity index (χ2v) is 5.95. The number of nitrogens with zero attached hydrogens (tertiary/aromatic N) is 3. The Labute approximate surface area is 121 Å². The van der Waals surface area contributed by atoms with Crippen molar-refractivity contribution in [1.29, 1.82) is 5.41 Å². The molecule has 0 aromatic carbocycles. The molecule has 1 aromatic rings. The van der Waals surface area contributed by atoms with Crippen LogP contribution in [-0.4, -0.2) is 48.4 Å². The number of hydrogen-bond donors (Lipinski definition) is 2. The Kier molecular flexibility index (Phi) is 4.60. The van der Waals surface area contributed by atoms with Crippen LogP contribution in [0.25, 0.3) is 0 Å². The van der Waals surface area contributed by atoms with Gasteiger partial charge in [0.05, 0.1) is 0 Å². The van der Waals surface area contributed by atoms with Gasteiger partial charge in [0.15, 0.2) is 0 Å². The summed E-state index contributed by atoms with van der Waals surface area (Å²) in [5.41, 5.74) is 7.26. The first kappa shape index (κ1) is 14.8. The lowest BCUT2D eigenvalue weighted by Crippen LogP contribution is -2.47. The Morgan fingerprint density at radius 3 is 2.50 bits per heavy atom. The largest absolute Gasteiger partial charge is 0.384 e. The fourth-order valence-corrected chi connectivity index (χ4v) is 2.64. The SMILES string of the molecule is Cc1cc(C(=N)N)cc(N2CCN(CC(C)C)CC2)n1. The van der Waals surface area contributed by atoms with E-state index < -0.39 is 0 Å². The van der Waals surface area contributed by atoms with Crippen LogP contribution in [0.3, 0.4) is 0 Å². The molecule has 1 fully saturated rings. The maximum Gasteiger partial charge on any atom is 0.129 e. The van der Waals surface area contributed by atoms with E-state index >= 15 is 0 Å². The van der Waals surface area contributed by atoms with Gasteiger partial charge in [-0.3, -0.25) is 10.3 Å². The first-order valence-electron chi connectivity index (χ1n) is 7.26. The predicted octanol–water partition coefficient (Wildman–Crippen LogP) is 1.45. The summed E-state index contributed by atoms with van der Waals surface area (Å²) in [6.45, 7) is 11.7. The third kappa shape index (κ3) is 3.70. The lowest BCUT2D eigenvalue weighted by Gasteiger charge is -2.36. The van der Waals surface area contributed by atoms with E-state index in [4.69, 9.17) is 11.1 Å². The number of nitrogens with one attached hydrogen (secondary N) is 1. The summed E-state index contributed by atoms with van der Waals surface area (Å²) in [5.74, 6) is 1.76. The fourth-order valence-electron chi connectivity index (χ4n) is 2.64. The maximum atomic E-state index is 7.57. The van der Waals surface area contributed by atoms with Gasteiger partial charge in [0, 0.05) is 44.0 Å². The molecule has 5 heteroatoms. The van der Waals surface area contributed by atoms with Crippen LogP contribution in [0.4, 0.5) is 5.82 Å². The van der Waals surface area contributed by atoms with Crippen LogP contribution in [-0.2, 0) is 0 Å². The molecule has 2 heterocycles. The average molecular weight is 275 g/mol. The monoisotopic (exact) mass is 275 g/mol. The zero-order valence-corrected chi connectivity index (χ0v) is 12.7. The van der Waals surface area contributed by atoms with Crippen LogP contribution in [0, 0.1) is 18.3 Å². The molecular weight excluding hydrogens is 250 g/mol. The highest BCUT2D eigenvalue weighted by atomic mass is 15.3. The Morgan fingerprint density at radius 2 is 1.95 bits per heavy atom. The summed E-state index contributed by atoms with van der Waals surface area (Å²) in [6.07, 6.45) is 0. The van der Waals surface area contributed by atoms with Crippen molar-refractivity contribution < 1.29 is 0 Å². The third-order valence-corrected chi connectivity index (χ3v) is 3.57. The molecule has 2 rings (SSSR count). The van der Waals surface area contributed by atoms with Gasteiger partial charge in [-0.25, -0.2) is 4.98 Å². The zero-order valence-electron chi connectivity index (χ0n) is 12.7. The van der Waals surface area contributed by atoms with Crippen LogP contribution in [0.15, 0.2) is 12.1 Å². The van der Waals surface area contributed by atoms with Crippen LogP contribution in [0.1, 0.15) is 25.1 Å². The molecule has 110 valence electrons. The molecular formula is C15H25N5. The van der Waals surface area contributed by atoms with Crippen molar-refractivity contribution >= 4 is 11.7 Å². The normalized spacial score (nSPS) is 16.7.